The van der Waals surface area contributed by atoms with Gasteiger partial charge in [0, 0.05) is 0 Å². The number of benzene rings is 1. The summed E-state index contributed by atoms with van der Waals surface area (Å²) in [4.78, 5) is 0. The maximum atomic E-state index is 8.67. The first-order valence-electron chi connectivity index (χ1n) is 4.75. The van der Waals surface area contributed by atoms with Crippen LogP contribution in [-0.2, 0) is 12.4 Å². The van der Waals surface area contributed by atoms with E-state index in [4.69, 9.17) is 16.9 Å². The number of hydrogen-bond acceptors (Lipinski definition) is 3. The Hall–Kier alpha value is -1.86. The molecule has 0 atom stereocenters. The van der Waals surface area contributed by atoms with Crippen LogP contribution >= 0.6 is 11.6 Å². The lowest BCUT2D eigenvalue weighted by Crippen LogP contribution is -2.02. The van der Waals surface area contributed by atoms with Gasteiger partial charge in [-0.3, -0.25) is 0 Å². The van der Waals surface area contributed by atoms with E-state index in [1.54, 1.807) is 18.5 Å². The predicted octanol–water partition coefficient (Wildman–Crippen LogP) is 1.94. The second-order valence-corrected chi connectivity index (χ2v) is 3.58. The van der Waals surface area contributed by atoms with Gasteiger partial charge in [0.2, 0.25) is 0 Å². The highest BCUT2D eigenvalue weighted by Gasteiger charge is 2.03. The molecule has 0 spiro atoms. The van der Waals surface area contributed by atoms with E-state index in [1.807, 2.05) is 16.7 Å². The summed E-state index contributed by atoms with van der Waals surface area (Å²) in [5, 5.41) is 16.4. The molecule has 0 bridgehead atoms. The molecule has 80 valence electrons. The molecule has 0 N–H and O–H groups in total. The van der Waals surface area contributed by atoms with Crippen molar-refractivity contribution in [2.75, 3.05) is 0 Å². The number of alkyl halides is 1. The molecule has 0 aliphatic carbocycles. The fourth-order valence-corrected chi connectivity index (χ4v) is 1.60. The molecule has 0 amide bonds. The first-order valence-corrected chi connectivity index (χ1v) is 5.28. The lowest BCUT2D eigenvalue weighted by Gasteiger charge is -2.04. The molecule has 16 heavy (non-hydrogen) atoms. The van der Waals surface area contributed by atoms with Crippen LogP contribution in [0.3, 0.4) is 0 Å². The van der Waals surface area contributed by atoms with Crippen molar-refractivity contribution >= 4 is 11.6 Å². The average Bonchev–Trinajstić information content (AvgIpc) is 2.77. The number of nitriles is 1. The summed E-state index contributed by atoms with van der Waals surface area (Å²) in [6, 6.07) is 9.49. The van der Waals surface area contributed by atoms with Crippen LogP contribution in [0.5, 0.6) is 0 Å². The van der Waals surface area contributed by atoms with Gasteiger partial charge in [-0.25, -0.2) is 0 Å². The Bertz CT molecular complexity index is 510. The highest BCUT2D eigenvalue weighted by molar-refractivity contribution is 6.16. The van der Waals surface area contributed by atoms with Crippen molar-refractivity contribution in [3.05, 3.63) is 47.5 Å². The van der Waals surface area contributed by atoms with Crippen molar-refractivity contribution < 1.29 is 0 Å². The van der Waals surface area contributed by atoms with Gasteiger partial charge >= 0.3 is 0 Å². The molecule has 0 saturated heterocycles. The maximum absolute atomic E-state index is 8.67. The van der Waals surface area contributed by atoms with E-state index in [9.17, 15) is 0 Å². The predicted molar refractivity (Wildman–Crippen MR) is 59.8 cm³/mol. The minimum atomic E-state index is 0.344. The Morgan fingerprint density at radius 3 is 2.69 bits per heavy atom. The van der Waals surface area contributed by atoms with Crippen molar-refractivity contribution in [3.63, 3.8) is 0 Å². The molecule has 1 aromatic heterocycles. The second kappa shape index (κ2) is 4.77. The van der Waals surface area contributed by atoms with Crippen LogP contribution in [-0.4, -0.2) is 14.8 Å². The van der Waals surface area contributed by atoms with Crippen molar-refractivity contribution in [2.45, 2.75) is 12.4 Å². The summed E-state index contributed by atoms with van der Waals surface area (Å²) in [6.45, 7) is 0.667. The van der Waals surface area contributed by atoms with Crippen molar-refractivity contribution in [2.24, 2.45) is 0 Å². The van der Waals surface area contributed by atoms with E-state index in [1.165, 1.54) is 0 Å². The van der Waals surface area contributed by atoms with Crippen molar-refractivity contribution in [3.8, 4) is 6.07 Å². The normalized spacial score (nSPS) is 10.0. The Balaban J connectivity index is 2.18. The Labute approximate surface area is 98.1 Å². The summed E-state index contributed by atoms with van der Waals surface area (Å²) in [5.41, 5.74) is 1.75. The van der Waals surface area contributed by atoms with Gasteiger partial charge in [-0.15, -0.1) is 21.8 Å². The topological polar surface area (TPSA) is 54.5 Å². The number of rotatable bonds is 3. The molecular formula is C11H9ClN4. The van der Waals surface area contributed by atoms with Gasteiger partial charge in [0.25, 0.3) is 0 Å². The number of hydrogen-bond donors (Lipinski definition) is 0. The molecule has 0 unspecified atom stereocenters. The SMILES string of the molecule is N#Cc1ccc(Cn2cnnc2CCl)cc1. The zero-order chi connectivity index (χ0) is 11.4. The van der Waals surface area contributed by atoms with Gasteiger partial charge in [-0.1, -0.05) is 12.1 Å². The van der Waals surface area contributed by atoms with Gasteiger partial charge in [-0.05, 0) is 17.7 Å². The molecule has 0 fully saturated rings. The Morgan fingerprint density at radius 2 is 2.06 bits per heavy atom. The largest absolute Gasteiger partial charge is 0.312 e. The van der Waals surface area contributed by atoms with Crippen molar-refractivity contribution in [1.29, 1.82) is 5.26 Å². The third-order valence-electron chi connectivity index (χ3n) is 2.25. The van der Waals surface area contributed by atoms with E-state index in [0.717, 1.165) is 11.4 Å². The van der Waals surface area contributed by atoms with E-state index >= 15 is 0 Å². The molecule has 2 aromatic rings. The summed E-state index contributed by atoms with van der Waals surface area (Å²) in [7, 11) is 0. The summed E-state index contributed by atoms with van der Waals surface area (Å²) < 4.78 is 1.88. The van der Waals surface area contributed by atoms with Crippen LogP contribution in [0.25, 0.3) is 0 Å². The van der Waals surface area contributed by atoms with Crippen LogP contribution < -0.4 is 0 Å². The van der Waals surface area contributed by atoms with Gasteiger partial charge < -0.3 is 4.57 Å². The molecule has 0 aliphatic rings. The summed E-state index contributed by atoms with van der Waals surface area (Å²) in [6.07, 6.45) is 1.65. The fraction of sp³-hybridized carbons (Fsp3) is 0.182. The third kappa shape index (κ3) is 2.20. The Kier molecular flexibility index (Phi) is 3.18. The Morgan fingerprint density at radius 1 is 1.31 bits per heavy atom. The van der Waals surface area contributed by atoms with E-state index < -0.39 is 0 Å². The molecule has 0 aliphatic heterocycles. The van der Waals surface area contributed by atoms with Crippen molar-refractivity contribution in [1.82, 2.24) is 14.8 Å². The zero-order valence-corrected chi connectivity index (χ0v) is 9.22. The molecule has 1 heterocycles. The molecule has 4 nitrogen and oxygen atoms in total. The summed E-state index contributed by atoms with van der Waals surface area (Å²) >= 11 is 5.72. The van der Waals surface area contributed by atoms with E-state index in [2.05, 4.69) is 16.3 Å². The monoisotopic (exact) mass is 232 g/mol. The first kappa shape index (κ1) is 10.7. The second-order valence-electron chi connectivity index (χ2n) is 3.32. The zero-order valence-electron chi connectivity index (χ0n) is 8.47. The van der Waals surface area contributed by atoms with Crippen LogP contribution in [0.2, 0.25) is 0 Å². The highest BCUT2D eigenvalue weighted by Crippen LogP contribution is 2.07. The van der Waals surface area contributed by atoms with Crippen LogP contribution in [0.1, 0.15) is 17.0 Å². The van der Waals surface area contributed by atoms with Gasteiger partial charge in [0.1, 0.15) is 12.2 Å². The maximum Gasteiger partial charge on any atom is 0.148 e. The average molecular weight is 233 g/mol. The van der Waals surface area contributed by atoms with Gasteiger partial charge in [0.05, 0.1) is 24.1 Å². The smallest absolute Gasteiger partial charge is 0.148 e. The minimum absolute atomic E-state index is 0.344. The third-order valence-corrected chi connectivity index (χ3v) is 2.49. The molecule has 1 aromatic carbocycles. The lowest BCUT2D eigenvalue weighted by molar-refractivity contribution is 0.754. The van der Waals surface area contributed by atoms with Crippen LogP contribution in [0.15, 0.2) is 30.6 Å². The number of nitrogens with zero attached hydrogens (tertiary/aromatic N) is 4. The number of aromatic nitrogens is 3. The van der Waals surface area contributed by atoms with Gasteiger partial charge in [0.15, 0.2) is 0 Å². The molecule has 0 radical (unpaired) electrons. The van der Waals surface area contributed by atoms with E-state index in [0.29, 0.717) is 18.0 Å². The lowest BCUT2D eigenvalue weighted by atomic mass is 10.1. The number of halogens is 1. The molecular weight excluding hydrogens is 224 g/mol. The highest BCUT2D eigenvalue weighted by atomic mass is 35.5. The molecule has 5 heteroatoms. The quantitative estimate of drug-likeness (QED) is 0.760. The molecule has 2 rings (SSSR count). The minimum Gasteiger partial charge on any atom is -0.312 e. The first-order chi connectivity index (χ1) is 7.83. The summed E-state index contributed by atoms with van der Waals surface area (Å²) in [5.74, 6) is 1.09. The van der Waals surface area contributed by atoms with Crippen LogP contribution in [0, 0.1) is 11.3 Å². The molecule has 0 saturated carbocycles. The standard InChI is InChI=1S/C11H9ClN4/c12-5-11-15-14-8-16(11)7-10-3-1-9(6-13)2-4-10/h1-4,8H,5,7H2. The van der Waals surface area contributed by atoms with Gasteiger partial charge in [-0.2, -0.15) is 5.26 Å². The van der Waals surface area contributed by atoms with Crippen LogP contribution in [0.4, 0.5) is 0 Å². The fourth-order valence-electron chi connectivity index (χ4n) is 1.40. The van der Waals surface area contributed by atoms with E-state index in [-0.39, 0.29) is 0 Å².